The predicted octanol–water partition coefficient (Wildman–Crippen LogP) is 4.25. The number of anilines is 2. The minimum Gasteiger partial charge on any atom is -0.462 e. The number of nitro groups is 1. The van der Waals surface area contributed by atoms with Crippen molar-refractivity contribution in [2.24, 2.45) is 0 Å². The van der Waals surface area contributed by atoms with Crippen LogP contribution >= 0.6 is 0 Å². The third-order valence-corrected chi connectivity index (χ3v) is 4.44. The molecule has 2 heterocycles. The van der Waals surface area contributed by atoms with E-state index in [0.29, 0.717) is 22.4 Å². The molecule has 0 saturated heterocycles. The number of benzene rings is 2. The lowest BCUT2D eigenvalue weighted by atomic mass is 10.1. The van der Waals surface area contributed by atoms with Gasteiger partial charge < -0.3 is 10.1 Å². The summed E-state index contributed by atoms with van der Waals surface area (Å²) in [5.74, 6) is -0.524. The van der Waals surface area contributed by atoms with Crippen molar-refractivity contribution in [3.63, 3.8) is 0 Å². The maximum Gasteiger partial charge on any atom is 0.341 e. The van der Waals surface area contributed by atoms with E-state index in [0.717, 1.165) is 5.69 Å². The summed E-state index contributed by atoms with van der Waals surface area (Å²) in [6, 6.07) is 15.4. The molecule has 9 heteroatoms. The van der Waals surface area contributed by atoms with Gasteiger partial charge in [-0.05, 0) is 31.2 Å². The van der Waals surface area contributed by atoms with Crippen LogP contribution in [-0.2, 0) is 4.74 Å². The average Bonchev–Trinajstić information content (AvgIpc) is 3.20. The van der Waals surface area contributed by atoms with Crippen molar-refractivity contribution in [1.29, 1.82) is 0 Å². The second kappa shape index (κ2) is 8.00. The smallest absolute Gasteiger partial charge is 0.341 e. The zero-order chi connectivity index (χ0) is 21.1. The highest BCUT2D eigenvalue weighted by Gasteiger charge is 2.20. The first-order chi connectivity index (χ1) is 14.6. The van der Waals surface area contributed by atoms with E-state index in [4.69, 9.17) is 4.74 Å². The van der Waals surface area contributed by atoms with Crippen molar-refractivity contribution in [3.8, 4) is 5.69 Å². The maximum absolute atomic E-state index is 12.5. The number of hydrogen-bond donors (Lipinski definition) is 1. The Morgan fingerprint density at radius 1 is 1.13 bits per heavy atom. The molecule has 0 amide bonds. The van der Waals surface area contributed by atoms with Gasteiger partial charge in [-0.25, -0.2) is 14.5 Å². The number of hydrogen-bond acceptors (Lipinski definition) is 7. The van der Waals surface area contributed by atoms with Gasteiger partial charge in [0.15, 0.2) is 5.65 Å². The lowest BCUT2D eigenvalue weighted by molar-refractivity contribution is -0.384. The van der Waals surface area contributed by atoms with Gasteiger partial charge in [-0.2, -0.15) is 5.10 Å². The molecule has 0 unspecified atom stereocenters. The van der Waals surface area contributed by atoms with Crippen molar-refractivity contribution in [2.45, 2.75) is 6.92 Å². The van der Waals surface area contributed by atoms with Crippen molar-refractivity contribution in [3.05, 3.63) is 82.7 Å². The molecular formula is C21H17N5O4. The molecule has 0 radical (unpaired) electrons. The highest BCUT2D eigenvalue weighted by Crippen LogP contribution is 2.31. The fourth-order valence-corrected chi connectivity index (χ4v) is 3.05. The Morgan fingerprint density at radius 3 is 2.53 bits per heavy atom. The zero-order valence-corrected chi connectivity index (χ0v) is 16.0. The van der Waals surface area contributed by atoms with Gasteiger partial charge in [-0.15, -0.1) is 0 Å². The van der Waals surface area contributed by atoms with Gasteiger partial charge in [0.05, 0.1) is 34.5 Å². The van der Waals surface area contributed by atoms with E-state index >= 15 is 0 Å². The first-order valence-electron chi connectivity index (χ1n) is 9.19. The summed E-state index contributed by atoms with van der Waals surface area (Å²) in [6.07, 6.45) is 3.06. The quantitative estimate of drug-likeness (QED) is 0.291. The minimum absolute atomic E-state index is 0.0251. The van der Waals surface area contributed by atoms with Gasteiger partial charge >= 0.3 is 5.97 Å². The van der Waals surface area contributed by atoms with Crippen LogP contribution in [0.25, 0.3) is 16.7 Å². The number of rotatable bonds is 6. The second-order valence-corrected chi connectivity index (χ2v) is 6.33. The summed E-state index contributed by atoms with van der Waals surface area (Å²) in [7, 11) is 0. The van der Waals surface area contributed by atoms with Crippen molar-refractivity contribution in [2.75, 3.05) is 11.9 Å². The van der Waals surface area contributed by atoms with Gasteiger partial charge in [-0.1, -0.05) is 18.2 Å². The van der Waals surface area contributed by atoms with Gasteiger partial charge in [0.25, 0.3) is 5.69 Å². The molecule has 4 aromatic rings. The van der Waals surface area contributed by atoms with Crippen molar-refractivity contribution in [1.82, 2.24) is 14.8 Å². The Kier molecular flexibility index (Phi) is 5.08. The fraction of sp³-hybridized carbons (Fsp3) is 0.0952. The molecule has 9 nitrogen and oxygen atoms in total. The molecule has 30 heavy (non-hydrogen) atoms. The lowest BCUT2D eigenvalue weighted by Gasteiger charge is -2.13. The molecule has 0 fully saturated rings. The largest absolute Gasteiger partial charge is 0.462 e. The van der Waals surface area contributed by atoms with Gasteiger partial charge in [-0.3, -0.25) is 10.1 Å². The van der Waals surface area contributed by atoms with Crippen LogP contribution in [0.2, 0.25) is 0 Å². The normalized spacial score (nSPS) is 10.7. The first-order valence-corrected chi connectivity index (χ1v) is 9.19. The Balaban J connectivity index is 1.83. The number of aromatic nitrogens is 3. The zero-order valence-electron chi connectivity index (χ0n) is 16.0. The molecule has 2 aromatic heterocycles. The van der Waals surface area contributed by atoms with Crippen LogP contribution < -0.4 is 5.32 Å². The van der Waals surface area contributed by atoms with Crippen LogP contribution in [0, 0.1) is 10.1 Å². The molecule has 0 aliphatic heterocycles. The van der Waals surface area contributed by atoms with Gasteiger partial charge in [0.1, 0.15) is 5.56 Å². The number of carbonyl (C=O) groups excluding carboxylic acids is 1. The molecular weight excluding hydrogens is 386 g/mol. The SMILES string of the molecule is CCOC(=O)c1cnc2c(cnn2-c2ccccc2)c1Nc1ccc([N+](=O)[O-])cc1. The number of ether oxygens (including phenoxy) is 1. The Morgan fingerprint density at radius 2 is 1.87 bits per heavy atom. The third kappa shape index (κ3) is 3.55. The van der Waals surface area contributed by atoms with Gasteiger partial charge in [0.2, 0.25) is 0 Å². The highest BCUT2D eigenvalue weighted by molar-refractivity contribution is 6.05. The van der Waals surface area contributed by atoms with Crippen molar-refractivity contribution < 1.29 is 14.5 Å². The Hall–Kier alpha value is -4.27. The molecule has 0 spiro atoms. The number of para-hydroxylation sites is 1. The standard InChI is InChI=1S/C21H17N5O4/c1-2-30-21(27)18-12-22-20-17(13-23-25(20)15-6-4-3-5-7-15)19(18)24-14-8-10-16(11-9-14)26(28)29/h3-13H,2H2,1H3,(H,22,24). The number of nitrogens with one attached hydrogen (secondary N) is 1. The van der Waals surface area contributed by atoms with Crippen molar-refractivity contribution >= 4 is 34.1 Å². The summed E-state index contributed by atoms with van der Waals surface area (Å²) in [4.78, 5) is 27.4. The Bertz CT molecular complexity index is 1220. The van der Waals surface area contributed by atoms with Crippen LogP contribution in [0.1, 0.15) is 17.3 Å². The molecule has 150 valence electrons. The molecule has 0 saturated carbocycles. The number of esters is 1. The summed E-state index contributed by atoms with van der Waals surface area (Å²) in [5, 5.41) is 19.1. The minimum atomic E-state index is -0.524. The number of non-ortho nitro benzene ring substituents is 1. The van der Waals surface area contributed by atoms with Crippen LogP contribution in [0.5, 0.6) is 0 Å². The number of nitrogens with zero attached hydrogens (tertiary/aromatic N) is 4. The van der Waals surface area contributed by atoms with E-state index in [2.05, 4.69) is 15.4 Å². The summed E-state index contributed by atoms with van der Waals surface area (Å²) in [5.41, 5.74) is 2.64. The third-order valence-electron chi connectivity index (χ3n) is 4.44. The fourth-order valence-electron chi connectivity index (χ4n) is 3.05. The van der Waals surface area contributed by atoms with E-state index in [1.165, 1.54) is 18.3 Å². The lowest BCUT2D eigenvalue weighted by Crippen LogP contribution is -2.09. The second-order valence-electron chi connectivity index (χ2n) is 6.33. The molecule has 0 aliphatic carbocycles. The van der Waals surface area contributed by atoms with Gasteiger partial charge in [0, 0.05) is 24.0 Å². The summed E-state index contributed by atoms with van der Waals surface area (Å²) < 4.78 is 6.83. The molecule has 0 bridgehead atoms. The number of pyridine rings is 1. The molecule has 0 aliphatic rings. The van der Waals surface area contributed by atoms with E-state index < -0.39 is 10.9 Å². The van der Waals surface area contributed by atoms with Crippen LogP contribution in [-0.4, -0.2) is 32.3 Å². The van der Waals surface area contributed by atoms with Crippen LogP contribution in [0.4, 0.5) is 17.1 Å². The molecule has 0 atom stereocenters. The topological polar surface area (TPSA) is 112 Å². The molecule has 2 aromatic carbocycles. The molecule has 1 N–H and O–H groups in total. The first kappa shape index (κ1) is 19.1. The van der Waals surface area contributed by atoms with E-state index in [-0.39, 0.29) is 17.9 Å². The number of carbonyl (C=O) groups is 1. The summed E-state index contributed by atoms with van der Waals surface area (Å²) >= 11 is 0. The summed E-state index contributed by atoms with van der Waals surface area (Å²) in [6.45, 7) is 1.94. The van der Waals surface area contributed by atoms with Crippen LogP contribution in [0.15, 0.2) is 67.0 Å². The monoisotopic (exact) mass is 403 g/mol. The average molecular weight is 403 g/mol. The van der Waals surface area contributed by atoms with Crippen LogP contribution in [0.3, 0.4) is 0 Å². The molecule has 4 rings (SSSR count). The number of nitro benzene ring substituents is 1. The number of fused-ring (bicyclic) bond motifs is 1. The predicted molar refractivity (Wildman–Crippen MR) is 111 cm³/mol. The van der Waals surface area contributed by atoms with E-state index in [1.54, 1.807) is 29.9 Å². The maximum atomic E-state index is 12.5. The van der Waals surface area contributed by atoms with E-state index in [9.17, 15) is 14.9 Å². The Labute approximate surface area is 171 Å². The van der Waals surface area contributed by atoms with E-state index in [1.807, 2.05) is 30.3 Å². The highest BCUT2D eigenvalue weighted by atomic mass is 16.6.